The third-order valence-corrected chi connectivity index (χ3v) is 8.20. The van der Waals surface area contributed by atoms with Gasteiger partial charge in [0.2, 0.25) is 11.8 Å². The summed E-state index contributed by atoms with van der Waals surface area (Å²) in [5, 5.41) is 0.756. The number of nitrogens with zero attached hydrogens (tertiary/aromatic N) is 5. The molecular formula is C28H26F2N6O4S. The van der Waals surface area contributed by atoms with Gasteiger partial charge in [0.05, 0.1) is 12.6 Å². The van der Waals surface area contributed by atoms with Gasteiger partial charge in [0.1, 0.15) is 34.4 Å². The van der Waals surface area contributed by atoms with Crippen molar-refractivity contribution in [3.05, 3.63) is 79.3 Å². The van der Waals surface area contributed by atoms with Gasteiger partial charge in [0.25, 0.3) is 10.0 Å². The van der Waals surface area contributed by atoms with E-state index in [1.165, 1.54) is 31.8 Å². The van der Waals surface area contributed by atoms with Crippen molar-refractivity contribution in [3.8, 4) is 17.0 Å². The van der Waals surface area contributed by atoms with Crippen molar-refractivity contribution in [3.63, 3.8) is 0 Å². The molecule has 41 heavy (non-hydrogen) atoms. The van der Waals surface area contributed by atoms with Gasteiger partial charge in [0.15, 0.2) is 0 Å². The average Bonchev–Trinajstić information content (AvgIpc) is 2.95. The molecule has 2 aromatic carbocycles. The number of nitrogens with one attached hydrogen (secondary N) is 1. The molecule has 1 amide bonds. The van der Waals surface area contributed by atoms with E-state index in [9.17, 15) is 22.0 Å². The van der Waals surface area contributed by atoms with Gasteiger partial charge in [-0.3, -0.25) is 9.52 Å². The van der Waals surface area contributed by atoms with Crippen LogP contribution in [0.3, 0.4) is 0 Å². The van der Waals surface area contributed by atoms with E-state index < -0.39 is 26.6 Å². The number of amides is 1. The Morgan fingerprint density at radius 3 is 2.61 bits per heavy atom. The standard InChI is InChI=1S/C28H26F2N6O4S/c1-4-26(37)35-9-10-36(17(2)15-35)27-21-11-18(5-7-23(21)32-16-33-27)19-12-24(28(40-3)31-14-19)34-41(38,39)25-8-6-20(29)13-22(25)30/h4-8,11-14,16-17,34H,1,9-10,15H2,2-3H3. The van der Waals surface area contributed by atoms with Gasteiger partial charge >= 0.3 is 0 Å². The molecule has 212 valence electrons. The Bertz CT molecular complexity index is 1770. The number of piperazine rings is 1. The maximum absolute atomic E-state index is 14.3. The molecule has 13 heteroatoms. The summed E-state index contributed by atoms with van der Waals surface area (Å²) in [6, 6.07) is 9.19. The lowest BCUT2D eigenvalue weighted by Gasteiger charge is -2.40. The zero-order valence-corrected chi connectivity index (χ0v) is 23.0. The van der Waals surface area contributed by atoms with Crippen LogP contribution in [-0.4, -0.2) is 67.0 Å². The predicted octanol–water partition coefficient (Wildman–Crippen LogP) is 4.00. The van der Waals surface area contributed by atoms with Gasteiger partial charge in [-0.05, 0) is 48.9 Å². The first kappa shape index (κ1) is 27.9. The van der Waals surface area contributed by atoms with E-state index >= 15 is 0 Å². The molecule has 1 atom stereocenters. The highest BCUT2D eigenvalue weighted by atomic mass is 32.2. The summed E-state index contributed by atoms with van der Waals surface area (Å²) in [5.41, 5.74) is 1.89. The lowest BCUT2D eigenvalue weighted by atomic mass is 10.0. The number of rotatable bonds is 7. The molecule has 10 nitrogen and oxygen atoms in total. The van der Waals surface area contributed by atoms with Crippen LogP contribution in [0, 0.1) is 11.6 Å². The minimum absolute atomic E-state index is 0.0232. The normalized spacial score (nSPS) is 15.6. The van der Waals surface area contributed by atoms with Crippen LogP contribution in [0.1, 0.15) is 6.92 Å². The average molecular weight is 581 g/mol. The minimum atomic E-state index is -4.44. The van der Waals surface area contributed by atoms with Crippen molar-refractivity contribution in [1.29, 1.82) is 0 Å². The Kier molecular flexibility index (Phi) is 7.54. The van der Waals surface area contributed by atoms with Crippen molar-refractivity contribution in [2.24, 2.45) is 0 Å². The Morgan fingerprint density at radius 1 is 1.10 bits per heavy atom. The van der Waals surface area contributed by atoms with E-state index in [4.69, 9.17) is 4.74 Å². The number of carbonyl (C=O) groups excluding carboxylic acids is 1. The van der Waals surface area contributed by atoms with Crippen LogP contribution < -0.4 is 14.4 Å². The highest BCUT2D eigenvalue weighted by Crippen LogP contribution is 2.34. The summed E-state index contributed by atoms with van der Waals surface area (Å²) in [5.74, 6) is -1.59. The highest BCUT2D eigenvalue weighted by molar-refractivity contribution is 7.92. The second-order valence-corrected chi connectivity index (χ2v) is 11.1. The molecule has 0 spiro atoms. The quantitative estimate of drug-likeness (QED) is 0.326. The SMILES string of the molecule is C=CC(=O)N1CCN(c2ncnc3ccc(-c4cnc(OC)c(NS(=O)(=O)c5ccc(F)cc5F)c4)cc23)C(C)C1. The van der Waals surface area contributed by atoms with Gasteiger partial charge in [-0.2, -0.15) is 0 Å². The van der Waals surface area contributed by atoms with Crippen LogP contribution >= 0.6 is 0 Å². The largest absolute Gasteiger partial charge is 0.480 e. The molecule has 0 aliphatic carbocycles. The topological polar surface area (TPSA) is 118 Å². The first-order valence-electron chi connectivity index (χ1n) is 12.6. The van der Waals surface area contributed by atoms with Crippen LogP contribution in [0.5, 0.6) is 5.88 Å². The molecule has 0 radical (unpaired) electrons. The fourth-order valence-electron chi connectivity index (χ4n) is 4.79. The number of benzene rings is 2. The molecule has 1 aliphatic heterocycles. The zero-order valence-electron chi connectivity index (χ0n) is 22.2. The number of hydrogen-bond donors (Lipinski definition) is 1. The van der Waals surface area contributed by atoms with Crippen molar-refractivity contribution in [1.82, 2.24) is 19.9 Å². The van der Waals surface area contributed by atoms with Crippen LogP contribution in [0.4, 0.5) is 20.3 Å². The number of anilines is 2. The molecule has 0 saturated carbocycles. The van der Waals surface area contributed by atoms with Crippen molar-refractivity contribution in [2.45, 2.75) is 17.9 Å². The summed E-state index contributed by atoms with van der Waals surface area (Å²) in [4.78, 5) is 28.4. The third kappa shape index (κ3) is 5.53. The zero-order chi connectivity index (χ0) is 29.3. The summed E-state index contributed by atoms with van der Waals surface area (Å²) in [6.07, 6.45) is 4.31. The van der Waals surface area contributed by atoms with Gasteiger partial charge in [-0.1, -0.05) is 12.6 Å². The molecule has 1 saturated heterocycles. The summed E-state index contributed by atoms with van der Waals surface area (Å²) < 4.78 is 61.1. The van der Waals surface area contributed by atoms with Crippen LogP contribution in [0.25, 0.3) is 22.0 Å². The first-order chi connectivity index (χ1) is 19.6. The van der Waals surface area contributed by atoms with Gasteiger partial charge in [-0.25, -0.2) is 32.2 Å². The van der Waals surface area contributed by atoms with Crippen molar-refractivity contribution < 1.29 is 26.7 Å². The molecule has 2 aromatic heterocycles. The van der Waals surface area contributed by atoms with Gasteiger partial charge < -0.3 is 14.5 Å². The molecule has 5 rings (SSSR count). The Morgan fingerprint density at radius 2 is 1.90 bits per heavy atom. The number of ether oxygens (including phenoxy) is 1. The van der Waals surface area contributed by atoms with E-state index in [2.05, 4.69) is 31.2 Å². The number of methoxy groups -OCH3 is 1. The van der Waals surface area contributed by atoms with Crippen LogP contribution in [-0.2, 0) is 14.8 Å². The first-order valence-corrected chi connectivity index (χ1v) is 14.0. The van der Waals surface area contributed by atoms with E-state index in [0.29, 0.717) is 48.2 Å². The number of pyridine rings is 1. The number of hydrogen-bond acceptors (Lipinski definition) is 8. The summed E-state index contributed by atoms with van der Waals surface area (Å²) in [7, 11) is -3.12. The number of carbonyl (C=O) groups is 1. The molecule has 4 aromatic rings. The van der Waals surface area contributed by atoms with E-state index in [0.717, 1.165) is 17.5 Å². The number of aromatic nitrogens is 3. The highest BCUT2D eigenvalue weighted by Gasteiger charge is 2.28. The fourth-order valence-corrected chi connectivity index (χ4v) is 5.90. The number of fused-ring (bicyclic) bond motifs is 1. The van der Waals surface area contributed by atoms with Gasteiger partial charge in [0, 0.05) is 48.9 Å². The number of sulfonamides is 1. The Balaban J connectivity index is 1.51. The van der Waals surface area contributed by atoms with Crippen LogP contribution in [0.2, 0.25) is 0 Å². The number of halogens is 2. The molecule has 0 bridgehead atoms. The minimum Gasteiger partial charge on any atom is -0.480 e. The molecular weight excluding hydrogens is 554 g/mol. The third-order valence-electron chi connectivity index (χ3n) is 6.81. The van der Waals surface area contributed by atoms with E-state index in [1.807, 2.05) is 25.1 Å². The summed E-state index contributed by atoms with van der Waals surface area (Å²) in [6.45, 7) is 7.17. The maximum Gasteiger partial charge on any atom is 0.264 e. The lowest BCUT2D eigenvalue weighted by Crippen LogP contribution is -2.53. The molecule has 1 N–H and O–H groups in total. The Labute approximate surface area is 235 Å². The predicted molar refractivity (Wildman–Crippen MR) is 150 cm³/mol. The smallest absolute Gasteiger partial charge is 0.264 e. The second-order valence-electron chi connectivity index (χ2n) is 9.42. The Hall–Kier alpha value is -4.65. The van der Waals surface area contributed by atoms with Crippen molar-refractivity contribution in [2.75, 3.05) is 36.4 Å². The second kappa shape index (κ2) is 11.1. The molecule has 1 unspecified atom stereocenters. The summed E-state index contributed by atoms with van der Waals surface area (Å²) >= 11 is 0. The fraction of sp³-hybridized carbons (Fsp3) is 0.214. The van der Waals surface area contributed by atoms with E-state index in [1.54, 1.807) is 4.90 Å². The monoisotopic (exact) mass is 580 g/mol. The van der Waals surface area contributed by atoms with Crippen LogP contribution in [0.15, 0.2) is 72.5 Å². The maximum atomic E-state index is 14.3. The molecule has 3 heterocycles. The van der Waals surface area contributed by atoms with Gasteiger partial charge in [-0.15, -0.1) is 0 Å². The van der Waals surface area contributed by atoms with E-state index in [-0.39, 0.29) is 23.5 Å². The van der Waals surface area contributed by atoms with Crippen molar-refractivity contribution >= 4 is 38.3 Å². The lowest BCUT2D eigenvalue weighted by molar-refractivity contribution is -0.126. The molecule has 1 fully saturated rings. The molecule has 1 aliphatic rings.